The van der Waals surface area contributed by atoms with E-state index < -0.39 is 10.0 Å². The first-order valence-corrected chi connectivity index (χ1v) is 11.5. The van der Waals surface area contributed by atoms with Crippen molar-refractivity contribution in [2.24, 2.45) is 0 Å². The number of methoxy groups -OCH3 is 2. The summed E-state index contributed by atoms with van der Waals surface area (Å²) in [5.74, 6) is 1.39. The molecule has 0 saturated carbocycles. The number of nitrogens with zero attached hydrogens (tertiary/aromatic N) is 1. The minimum atomic E-state index is -3.82. The third kappa shape index (κ3) is 6.67. The number of amides is 1. The van der Waals surface area contributed by atoms with Crippen LogP contribution in [0.5, 0.6) is 23.1 Å². The zero-order valence-electron chi connectivity index (χ0n) is 18.5. The van der Waals surface area contributed by atoms with Crippen LogP contribution in [0.1, 0.15) is 12.0 Å². The number of benzene rings is 2. The average molecular weight is 472 g/mol. The summed E-state index contributed by atoms with van der Waals surface area (Å²) in [6.45, 7) is 1.91. The van der Waals surface area contributed by atoms with Crippen LogP contribution in [0.25, 0.3) is 0 Å². The summed E-state index contributed by atoms with van der Waals surface area (Å²) in [5.41, 5.74) is 1.60. The van der Waals surface area contributed by atoms with Crippen LogP contribution in [-0.4, -0.2) is 40.1 Å². The van der Waals surface area contributed by atoms with Crippen LogP contribution in [0.3, 0.4) is 0 Å². The van der Waals surface area contributed by atoms with Gasteiger partial charge in [0, 0.05) is 25.1 Å². The van der Waals surface area contributed by atoms with Gasteiger partial charge in [-0.15, -0.1) is 0 Å². The SMILES string of the molecule is COc1ccc(S(=O)(=O)NCCC(=O)Nc2ccc(Oc3ccc(C)cc3)nc2)cc1OC. The first kappa shape index (κ1) is 24.0. The number of carbonyl (C=O) groups is 1. The summed E-state index contributed by atoms with van der Waals surface area (Å²) < 4.78 is 43.3. The molecule has 0 spiro atoms. The summed E-state index contributed by atoms with van der Waals surface area (Å²) in [6.07, 6.45) is 1.41. The minimum absolute atomic E-state index is 0.00826. The second-order valence-corrected chi connectivity index (χ2v) is 8.78. The molecule has 0 unspecified atom stereocenters. The molecule has 1 aromatic heterocycles. The third-order valence-electron chi connectivity index (χ3n) is 4.57. The molecule has 9 nitrogen and oxygen atoms in total. The van der Waals surface area contributed by atoms with Crippen molar-refractivity contribution in [2.75, 3.05) is 26.1 Å². The first-order chi connectivity index (χ1) is 15.8. The van der Waals surface area contributed by atoms with Crippen molar-refractivity contribution >= 4 is 21.6 Å². The fourth-order valence-electron chi connectivity index (χ4n) is 2.83. The van der Waals surface area contributed by atoms with Gasteiger partial charge in [-0.3, -0.25) is 4.79 Å². The molecular formula is C23H25N3O6S. The van der Waals surface area contributed by atoms with Gasteiger partial charge in [0.25, 0.3) is 0 Å². The summed E-state index contributed by atoms with van der Waals surface area (Å²) >= 11 is 0. The van der Waals surface area contributed by atoms with Crippen LogP contribution in [0.2, 0.25) is 0 Å². The maximum Gasteiger partial charge on any atom is 0.240 e. The van der Waals surface area contributed by atoms with E-state index in [1.54, 1.807) is 12.1 Å². The number of nitrogens with one attached hydrogen (secondary N) is 2. The van der Waals surface area contributed by atoms with E-state index in [1.807, 2.05) is 31.2 Å². The highest BCUT2D eigenvalue weighted by Crippen LogP contribution is 2.29. The molecule has 0 radical (unpaired) electrons. The summed E-state index contributed by atoms with van der Waals surface area (Å²) in [7, 11) is -0.939. The summed E-state index contributed by atoms with van der Waals surface area (Å²) in [5, 5.41) is 2.67. The molecule has 1 heterocycles. The van der Waals surface area contributed by atoms with Crippen molar-refractivity contribution in [1.29, 1.82) is 0 Å². The predicted molar refractivity (Wildman–Crippen MR) is 123 cm³/mol. The van der Waals surface area contributed by atoms with Crippen LogP contribution in [0, 0.1) is 6.92 Å². The Bertz CT molecular complexity index is 1200. The number of rotatable bonds is 10. The molecule has 2 N–H and O–H groups in total. The number of hydrogen-bond acceptors (Lipinski definition) is 7. The van der Waals surface area contributed by atoms with Gasteiger partial charge >= 0.3 is 0 Å². The lowest BCUT2D eigenvalue weighted by Gasteiger charge is -2.11. The smallest absolute Gasteiger partial charge is 0.240 e. The number of ether oxygens (including phenoxy) is 3. The average Bonchev–Trinajstić information content (AvgIpc) is 2.81. The van der Waals surface area contributed by atoms with Crippen LogP contribution >= 0.6 is 0 Å². The van der Waals surface area contributed by atoms with E-state index in [4.69, 9.17) is 14.2 Å². The van der Waals surface area contributed by atoms with Gasteiger partial charge < -0.3 is 19.5 Å². The monoisotopic (exact) mass is 471 g/mol. The van der Waals surface area contributed by atoms with Crippen molar-refractivity contribution < 1.29 is 27.4 Å². The Morgan fingerprint density at radius 3 is 2.33 bits per heavy atom. The quantitative estimate of drug-likeness (QED) is 0.465. The van der Waals surface area contributed by atoms with Crippen molar-refractivity contribution in [3.63, 3.8) is 0 Å². The molecule has 10 heteroatoms. The molecular weight excluding hydrogens is 446 g/mol. The molecule has 3 aromatic rings. The van der Waals surface area contributed by atoms with E-state index >= 15 is 0 Å². The van der Waals surface area contributed by atoms with E-state index in [9.17, 15) is 13.2 Å². The zero-order valence-corrected chi connectivity index (χ0v) is 19.3. The Morgan fingerprint density at radius 1 is 0.970 bits per heavy atom. The molecule has 0 atom stereocenters. The standard InChI is InChI=1S/C23H25N3O6S/c1-16-4-7-18(8-5-16)32-23-11-6-17(15-24-23)26-22(27)12-13-25-33(28,29)19-9-10-20(30-2)21(14-19)31-3/h4-11,14-15,25H,12-13H2,1-3H3,(H,26,27). The number of carbonyl (C=O) groups excluding carboxylic acids is 1. The lowest BCUT2D eigenvalue weighted by molar-refractivity contribution is -0.116. The largest absolute Gasteiger partial charge is 0.493 e. The highest BCUT2D eigenvalue weighted by atomic mass is 32.2. The molecule has 0 aliphatic heterocycles. The zero-order chi connectivity index (χ0) is 23.8. The molecule has 0 aliphatic carbocycles. The van der Waals surface area contributed by atoms with Gasteiger partial charge in [0.1, 0.15) is 5.75 Å². The molecule has 0 fully saturated rings. The van der Waals surface area contributed by atoms with Crippen LogP contribution in [-0.2, 0) is 14.8 Å². The summed E-state index contributed by atoms with van der Waals surface area (Å²) in [6, 6.07) is 15.1. The number of pyridine rings is 1. The first-order valence-electron chi connectivity index (χ1n) is 10.0. The van der Waals surface area contributed by atoms with Gasteiger partial charge in [0.2, 0.25) is 21.8 Å². The van der Waals surface area contributed by atoms with Gasteiger partial charge in [-0.2, -0.15) is 0 Å². The van der Waals surface area contributed by atoms with Gasteiger partial charge in [-0.05, 0) is 37.3 Å². The van der Waals surface area contributed by atoms with E-state index in [0.717, 1.165) is 5.56 Å². The number of hydrogen-bond donors (Lipinski definition) is 2. The number of sulfonamides is 1. The van der Waals surface area contributed by atoms with Crippen LogP contribution in [0.4, 0.5) is 5.69 Å². The van der Waals surface area contributed by atoms with Crippen LogP contribution < -0.4 is 24.2 Å². The maximum absolute atomic E-state index is 12.5. The van der Waals surface area contributed by atoms with E-state index in [1.165, 1.54) is 38.6 Å². The van der Waals surface area contributed by atoms with Crippen LogP contribution in [0.15, 0.2) is 65.7 Å². The minimum Gasteiger partial charge on any atom is -0.493 e. The number of aryl methyl sites for hydroxylation is 1. The highest BCUT2D eigenvalue weighted by Gasteiger charge is 2.17. The summed E-state index contributed by atoms with van der Waals surface area (Å²) in [4.78, 5) is 16.4. The fraction of sp³-hybridized carbons (Fsp3) is 0.217. The predicted octanol–water partition coefficient (Wildman–Crippen LogP) is 3.51. The molecule has 2 aromatic carbocycles. The Kier molecular flexibility index (Phi) is 7.86. The Balaban J connectivity index is 1.50. The Morgan fingerprint density at radius 2 is 1.70 bits per heavy atom. The van der Waals surface area contributed by atoms with E-state index in [2.05, 4.69) is 15.0 Å². The van der Waals surface area contributed by atoms with Gasteiger partial charge in [0.05, 0.1) is 31.0 Å². The molecule has 174 valence electrons. The Labute approximate surface area is 192 Å². The molecule has 33 heavy (non-hydrogen) atoms. The van der Waals surface area contributed by atoms with Gasteiger partial charge in [-0.1, -0.05) is 17.7 Å². The van der Waals surface area contributed by atoms with E-state index in [-0.39, 0.29) is 23.8 Å². The van der Waals surface area contributed by atoms with Gasteiger partial charge in [-0.25, -0.2) is 18.1 Å². The molecule has 0 aliphatic rings. The van der Waals surface area contributed by atoms with E-state index in [0.29, 0.717) is 28.8 Å². The van der Waals surface area contributed by atoms with Gasteiger partial charge in [0.15, 0.2) is 11.5 Å². The van der Waals surface area contributed by atoms with Crippen molar-refractivity contribution in [2.45, 2.75) is 18.2 Å². The lowest BCUT2D eigenvalue weighted by atomic mass is 10.2. The number of aromatic nitrogens is 1. The highest BCUT2D eigenvalue weighted by molar-refractivity contribution is 7.89. The van der Waals surface area contributed by atoms with Crippen molar-refractivity contribution in [1.82, 2.24) is 9.71 Å². The third-order valence-corrected chi connectivity index (χ3v) is 6.03. The Hall–Kier alpha value is -3.63. The van der Waals surface area contributed by atoms with Crippen molar-refractivity contribution in [3.05, 3.63) is 66.4 Å². The van der Waals surface area contributed by atoms with Crippen molar-refractivity contribution in [3.8, 4) is 23.1 Å². The lowest BCUT2D eigenvalue weighted by Crippen LogP contribution is -2.27. The number of anilines is 1. The second-order valence-electron chi connectivity index (χ2n) is 7.01. The molecule has 0 bridgehead atoms. The molecule has 0 saturated heterocycles. The maximum atomic E-state index is 12.5. The topological polar surface area (TPSA) is 116 Å². The molecule has 1 amide bonds. The fourth-order valence-corrected chi connectivity index (χ4v) is 3.88. The molecule has 3 rings (SSSR count). The normalized spacial score (nSPS) is 11.0. The second kappa shape index (κ2) is 10.8.